The highest BCUT2D eigenvalue weighted by Crippen LogP contribution is 2.33. The van der Waals surface area contributed by atoms with Gasteiger partial charge in [0.2, 0.25) is 0 Å². The van der Waals surface area contributed by atoms with Gasteiger partial charge in [0, 0.05) is 36.4 Å². The molecule has 0 saturated heterocycles. The van der Waals surface area contributed by atoms with Crippen molar-refractivity contribution in [2.24, 2.45) is 30.0 Å². The third-order valence-corrected chi connectivity index (χ3v) is 8.11. The average molecular weight is 1040 g/mol. The average Bonchev–Trinajstić information content (AvgIpc) is 3.93. The molecule has 36 heteroatoms. The zero-order valence-electron chi connectivity index (χ0n) is 33.1. The lowest BCUT2D eigenvalue weighted by Gasteiger charge is -2.12. The molecule has 1 aromatic heterocycles. The van der Waals surface area contributed by atoms with E-state index in [-0.39, 0.29) is 18.2 Å². The van der Waals surface area contributed by atoms with Crippen molar-refractivity contribution in [2.75, 3.05) is 0 Å². The van der Waals surface area contributed by atoms with E-state index in [2.05, 4.69) is 73.3 Å². The highest BCUT2D eigenvalue weighted by molar-refractivity contribution is 5.82. The van der Waals surface area contributed by atoms with Crippen LogP contribution in [0.2, 0.25) is 0 Å². The number of nitrogens with zero attached hydrogens (tertiary/aromatic N) is 12. The number of benzene rings is 3. The number of hydrogen-bond acceptors (Lipinski definition) is 18. The lowest BCUT2D eigenvalue weighted by Crippen LogP contribution is -2.30. The van der Waals surface area contributed by atoms with Crippen LogP contribution in [0.3, 0.4) is 0 Å². The highest BCUT2D eigenvalue weighted by atomic mass is 19.4. The smallest absolute Gasteiger partial charge is 0.406 e. The van der Waals surface area contributed by atoms with Crippen LogP contribution in [0.15, 0.2) is 83.8 Å². The van der Waals surface area contributed by atoms with Gasteiger partial charge < -0.3 is 28.4 Å². The first-order chi connectivity index (χ1) is 33.2. The van der Waals surface area contributed by atoms with E-state index in [4.69, 9.17) is 0 Å². The number of allylic oxidation sites excluding steroid dienone is 3. The van der Waals surface area contributed by atoms with Crippen LogP contribution in [0, 0.1) is 34.0 Å². The lowest BCUT2D eigenvalue weighted by molar-refractivity contribution is -0.278. The summed E-state index contributed by atoms with van der Waals surface area (Å²) in [5, 5.41) is 25.1. The Morgan fingerprint density at radius 3 is 0.750 bits per heavy atom. The van der Waals surface area contributed by atoms with E-state index in [1.807, 2.05) is 0 Å². The second-order valence-electron chi connectivity index (χ2n) is 13.1. The maximum atomic E-state index is 13.4. The number of aromatic nitrogens is 3. The van der Waals surface area contributed by atoms with Crippen molar-refractivity contribution in [3.05, 3.63) is 103 Å². The van der Waals surface area contributed by atoms with Crippen molar-refractivity contribution < 1.29 is 107 Å². The fourth-order valence-corrected chi connectivity index (χ4v) is 5.87. The van der Waals surface area contributed by atoms with Gasteiger partial charge in [-0.15, -0.1) is 79.0 Å². The Bertz CT molecular complexity index is 3230. The summed E-state index contributed by atoms with van der Waals surface area (Å²) in [5.74, 6) is -15.8. The topological polar surface area (TPSA) is 240 Å². The minimum absolute atomic E-state index is 0.0513. The van der Waals surface area contributed by atoms with Crippen molar-refractivity contribution in [2.45, 2.75) is 38.2 Å². The van der Waals surface area contributed by atoms with Crippen molar-refractivity contribution in [1.82, 2.24) is 15.0 Å². The van der Waals surface area contributed by atoms with Crippen LogP contribution in [0.25, 0.3) is 16.7 Å². The number of ether oxygens (including phenoxy) is 6. The third kappa shape index (κ3) is 11.9. The molecular formula is C36H6F18N12O6. The predicted molar refractivity (Wildman–Crippen MR) is 184 cm³/mol. The molecule has 4 heterocycles. The maximum Gasteiger partial charge on any atom is 0.573 e. The summed E-state index contributed by atoms with van der Waals surface area (Å²) in [6, 6.07) is 5.33. The molecule has 0 fully saturated rings. The Kier molecular flexibility index (Phi) is 12.4. The van der Waals surface area contributed by atoms with Crippen LogP contribution in [-0.4, -0.2) is 53.1 Å². The standard InChI is InChI=1S/C36H6F18N12O6/c37-31(38,39)67-10-1-16-22(19(4-10)70-34(46,47)48)61-25(58-16)13(7-55)28-64-29(14(8-56)26-59-17-2-11(68-32(40,41)42)5-20(23(17)62-26)71-35(49,50)51)66-30(65-28)15(9-57)27-60-18-3-12(69-33(43,44)45)6-21(24(18)63-27)72-36(52,53)54/h1-6H. The zero-order valence-corrected chi connectivity index (χ0v) is 33.1. The Labute approximate surface area is 379 Å². The van der Waals surface area contributed by atoms with Crippen molar-refractivity contribution in [1.29, 1.82) is 15.8 Å². The Morgan fingerprint density at radius 2 is 0.556 bits per heavy atom. The Morgan fingerprint density at radius 1 is 0.333 bits per heavy atom. The molecule has 3 aliphatic rings. The summed E-state index contributed by atoms with van der Waals surface area (Å²) in [6.45, 7) is 0. The van der Waals surface area contributed by atoms with Crippen LogP contribution < -0.4 is 60.6 Å². The summed E-state index contributed by atoms with van der Waals surface area (Å²) in [4.78, 5) is 33.5. The molecule has 0 radical (unpaired) electrons. The monoisotopic (exact) mass is 1040 g/mol. The molecule has 3 aromatic carbocycles. The molecule has 4 aromatic rings. The van der Waals surface area contributed by atoms with Crippen molar-refractivity contribution in [3.8, 4) is 52.7 Å². The number of nitriles is 3. The first-order valence-electron chi connectivity index (χ1n) is 17.8. The van der Waals surface area contributed by atoms with Gasteiger partial charge in [0.15, 0.2) is 52.2 Å². The van der Waals surface area contributed by atoms with E-state index in [1.165, 1.54) is 18.2 Å². The predicted octanol–water partition coefficient (Wildman–Crippen LogP) is 5.70. The number of fused-ring (bicyclic) bond motifs is 3. The fourth-order valence-electron chi connectivity index (χ4n) is 5.87. The summed E-state index contributed by atoms with van der Waals surface area (Å²) in [5.41, 5.74) is -3.56. The van der Waals surface area contributed by atoms with Crippen LogP contribution in [0.1, 0.15) is 17.5 Å². The van der Waals surface area contributed by atoms with Gasteiger partial charge in [-0.25, -0.2) is 44.9 Å². The largest absolute Gasteiger partial charge is 0.573 e. The van der Waals surface area contributed by atoms with Gasteiger partial charge in [0.1, 0.15) is 68.2 Å². The molecule has 0 unspecified atom stereocenters. The van der Waals surface area contributed by atoms with Gasteiger partial charge in [-0.1, -0.05) is 0 Å². The van der Waals surface area contributed by atoms with E-state index in [1.54, 1.807) is 0 Å². The van der Waals surface area contributed by atoms with E-state index < -0.39 is 156 Å². The Balaban J connectivity index is 1.53. The second-order valence-corrected chi connectivity index (χ2v) is 13.1. The number of hydrogen-bond donors (Lipinski definition) is 0. The van der Waals surface area contributed by atoms with Gasteiger partial charge in [0.05, 0.1) is 16.1 Å². The van der Waals surface area contributed by atoms with Crippen LogP contribution in [0.5, 0.6) is 34.5 Å². The molecule has 0 bridgehead atoms. The third-order valence-electron chi connectivity index (χ3n) is 8.11. The van der Waals surface area contributed by atoms with Gasteiger partial charge in [-0.05, 0) is 0 Å². The minimum Gasteiger partial charge on any atom is -0.406 e. The molecule has 372 valence electrons. The molecule has 0 saturated carbocycles. The number of halogens is 18. The van der Waals surface area contributed by atoms with Gasteiger partial charge >= 0.3 is 38.2 Å². The number of alkyl halides is 18. The van der Waals surface area contributed by atoms with E-state index in [0.29, 0.717) is 18.2 Å². The second kappa shape index (κ2) is 17.6. The molecule has 72 heavy (non-hydrogen) atoms. The number of rotatable bonds is 9. The van der Waals surface area contributed by atoms with E-state index in [9.17, 15) is 94.8 Å². The van der Waals surface area contributed by atoms with E-state index in [0.717, 1.165) is 0 Å². The molecule has 0 N–H and O–H groups in total. The van der Waals surface area contributed by atoms with Gasteiger partial charge in [-0.3, -0.25) is 0 Å². The molecule has 3 aliphatic heterocycles. The molecular weight excluding hydrogens is 1040 g/mol. The summed E-state index contributed by atoms with van der Waals surface area (Å²) >= 11 is 0. The zero-order chi connectivity index (χ0) is 53.1. The summed E-state index contributed by atoms with van der Waals surface area (Å²) in [7, 11) is 0. The first-order valence-corrected chi connectivity index (χ1v) is 17.8. The fraction of sp³-hybridized carbons (Fsp3) is 0.167. The minimum atomic E-state index is -5.64. The Hall–Kier alpha value is -9.30. The molecule has 0 atom stereocenters. The van der Waals surface area contributed by atoms with Gasteiger partial charge in [-0.2, -0.15) is 15.8 Å². The lowest BCUT2D eigenvalue weighted by atomic mass is 10.2. The van der Waals surface area contributed by atoms with Crippen molar-refractivity contribution >= 4 is 16.7 Å². The van der Waals surface area contributed by atoms with Crippen molar-refractivity contribution in [3.63, 3.8) is 0 Å². The normalized spacial score (nSPS) is 14.0. The van der Waals surface area contributed by atoms with Gasteiger partial charge in [0.25, 0.3) is 0 Å². The first kappa shape index (κ1) is 50.6. The SMILES string of the molecule is N#CC(=C1N=c2cc(OC(F)(F)F)cc(OC(F)(F)F)c2=N1)c1nc(C(C#N)=C2N=c3cc(OC(F)(F)F)cc(OC(F)(F)F)c3=N2)nc(C(C#N)=C2N=c3cc(OC(F)(F)F)cc(OC(F)(F)F)c3=N2)n1. The maximum absolute atomic E-state index is 13.4. The molecule has 7 rings (SSSR count). The van der Waals surface area contributed by atoms with E-state index >= 15 is 0 Å². The summed E-state index contributed by atoms with van der Waals surface area (Å²) in [6.07, 6.45) is -33.5. The van der Waals surface area contributed by atoms with Crippen LogP contribution >= 0.6 is 0 Å². The highest BCUT2D eigenvalue weighted by Gasteiger charge is 2.39. The molecule has 0 amide bonds. The molecule has 0 spiro atoms. The van der Waals surface area contributed by atoms with Crippen LogP contribution in [-0.2, 0) is 0 Å². The quantitative estimate of drug-likeness (QED) is 0.145. The molecule has 18 nitrogen and oxygen atoms in total. The summed E-state index contributed by atoms with van der Waals surface area (Å²) < 4.78 is 261. The van der Waals surface area contributed by atoms with Crippen LogP contribution in [0.4, 0.5) is 79.0 Å². The molecule has 0 aliphatic carbocycles.